The van der Waals surface area contributed by atoms with E-state index in [1.165, 1.54) is 16.8 Å². The molecule has 3 aromatic heterocycles. The molecule has 12 heteroatoms. The van der Waals surface area contributed by atoms with Crippen molar-refractivity contribution >= 4 is 27.0 Å². The summed E-state index contributed by atoms with van der Waals surface area (Å²) in [5.74, 6) is -1.30. The number of pyridine rings is 1. The Morgan fingerprint density at radius 2 is 2.06 bits per heavy atom. The standard InChI is InChI=1S/C22H20BrF3N6O2/c1-30-6-2-3-14(11-30)32-18-7-15(23)16(24)8-17(18)31(22(32)33)10-13-5-4-12(9-27-13)20-28-29-21(34-20)19(25)26/h4-5,7-9,14,19H,2-3,6,10-11H2,1H3. The number of halogens is 4. The Bertz CT molecular complexity index is 1400. The van der Waals surface area contributed by atoms with E-state index >= 15 is 0 Å². The summed E-state index contributed by atoms with van der Waals surface area (Å²) in [6.45, 7) is 1.81. The van der Waals surface area contributed by atoms with Crippen LogP contribution in [-0.2, 0) is 6.54 Å². The van der Waals surface area contributed by atoms with Gasteiger partial charge in [-0.1, -0.05) is 0 Å². The second-order valence-corrected chi connectivity index (χ2v) is 9.19. The molecule has 0 bridgehead atoms. The van der Waals surface area contributed by atoms with E-state index < -0.39 is 18.1 Å². The minimum absolute atomic E-state index is 0.0238. The van der Waals surface area contributed by atoms with Crippen molar-refractivity contribution in [1.29, 1.82) is 0 Å². The number of nitrogens with zero attached hydrogens (tertiary/aromatic N) is 6. The van der Waals surface area contributed by atoms with E-state index in [1.807, 2.05) is 7.05 Å². The monoisotopic (exact) mass is 536 g/mol. The van der Waals surface area contributed by atoms with E-state index in [0.29, 0.717) is 26.8 Å². The molecule has 5 rings (SSSR count). The summed E-state index contributed by atoms with van der Waals surface area (Å²) in [5, 5.41) is 6.92. The molecule has 1 fully saturated rings. The number of piperidine rings is 1. The fourth-order valence-electron chi connectivity index (χ4n) is 4.37. The molecule has 1 aromatic carbocycles. The van der Waals surface area contributed by atoms with Gasteiger partial charge in [0, 0.05) is 18.8 Å². The first-order valence-corrected chi connectivity index (χ1v) is 11.5. The fraction of sp³-hybridized carbons (Fsp3) is 0.364. The molecule has 34 heavy (non-hydrogen) atoms. The number of benzene rings is 1. The minimum atomic E-state index is -2.86. The van der Waals surface area contributed by atoms with Crippen LogP contribution >= 0.6 is 15.9 Å². The maximum atomic E-state index is 14.4. The van der Waals surface area contributed by atoms with Gasteiger partial charge in [-0.15, -0.1) is 10.2 Å². The maximum absolute atomic E-state index is 14.4. The van der Waals surface area contributed by atoms with E-state index in [2.05, 4.69) is 36.0 Å². The lowest BCUT2D eigenvalue weighted by Gasteiger charge is -2.30. The maximum Gasteiger partial charge on any atom is 0.329 e. The molecule has 178 valence electrons. The number of imidazole rings is 1. The number of likely N-dealkylation sites (tertiary alicyclic amines) is 1. The van der Waals surface area contributed by atoms with Crippen LogP contribution in [-0.4, -0.2) is 49.4 Å². The first-order chi connectivity index (χ1) is 16.3. The predicted octanol–water partition coefficient (Wildman–Crippen LogP) is 4.40. The quantitative estimate of drug-likeness (QED) is 0.376. The van der Waals surface area contributed by atoms with Crippen LogP contribution in [0.15, 0.2) is 44.1 Å². The predicted molar refractivity (Wildman–Crippen MR) is 121 cm³/mol. The van der Waals surface area contributed by atoms with Gasteiger partial charge in [0.25, 0.3) is 5.89 Å². The zero-order valence-electron chi connectivity index (χ0n) is 18.1. The van der Waals surface area contributed by atoms with Crippen LogP contribution in [0.5, 0.6) is 0 Å². The summed E-state index contributed by atoms with van der Waals surface area (Å²) in [5.41, 5.74) is 1.79. The van der Waals surface area contributed by atoms with Crippen LogP contribution in [0, 0.1) is 5.82 Å². The Labute approximate surface area is 200 Å². The number of rotatable bonds is 5. The molecule has 1 aliphatic rings. The highest BCUT2D eigenvalue weighted by molar-refractivity contribution is 9.10. The van der Waals surface area contributed by atoms with Gasteiger partial charge in [-0.3, -0.25) is 14.1 Å². The van der Waals surface area contributed by atoms with Crippen molar-refractivity contribution < 1.29 is 17.6 Å². The SMILES string of the molecule is CN1CCCC(n2c(=O)n(Cc3ccc(-c4nnc(C(F)F)o4)cn3)c3cc(F)c(Br)cc32)C1. The van der Waals surface area contributed by atoms with Gasteiger partial charge in [0.05, 0.1) is 39.4 Å². The lowest BCUT2D eigenvalue weighted by atomic mass is 10.1. The number of alkyl halides is 2. The summed E-state index contributed by atoms with van der Waals surface area (Å²) in [4.78, 5) is 20.0. The first kappa shape index (κ1) is 22.8. The van der Waals surface area contributed by atoms with Crippen LogP contribution in [0.1, 0.15) is 36.9 Å². The summed E-state index contributed by atoms with van der Waals surface area (Å²) in [6.07, 6.45) is 0.377. The molecule has 1 saturated heterocycles. The molecular formula is C22H20BrF3N6O2. The third-order valence-electron chi connectivity index (χ3n) is 5.99. The number of aromatic nitrogens is 5. The highest BCUT2D eigenvalue weighted by Gasteiger charge is 2.25. The number of hydrogen-bond donors (Lipinski definition) is 0. The van der Waals surface area contributed by atoms with Gasteiger partial charge in [0.1, 0.15) is 5.82 Å². The molecule has 0 spiro atoms. The molecule has 0 saturated carbocycles. The Morgan fingerprint density at radius 1 is 1.24 bits per heavy atom. The summed E-state index contributed by atoms with van der Waals surface area (Å²) in [6, 6.07) is 6.21. The summed E-state index contributed by atoms with van der Waals surface area (Å²) >= 11 is 3.24. The fourth-order valence-corrected chi connectivity index (χ4v) is 4.70. The van der Waals surface area contributed by atoms with Crippen LogP contribution in [0.4, 0.5) is 13.2 Å². The van der Waals surface area contributed by atoms with Crippen LogP contribution in [0.25, 0.3) is 22.5 Å². The molecule has 0 amide bonds. The second-order valence-electron chi connectivity index (χ2n) is 8.34. The Morgan fingerprint density at radius 3 is 2.74 bits per heavy atom. The van der Waals surface area contributed by atoms with Crippen LogP contribution in [0.3, 0.4) is 0 Å². The molecule has 0 radical (unpaired) electrons. The topological polar surface area (TPSA) is 82.0 Å². The van der Waals surface area contributed by atoms with Gasteiger partial charge in [-0.2, -0.15) is 8.78 Å². The third-order valence-corrected chi connectivity index (χ3v) is 6.60. The summed E-state index contributed by atoms with van der Waals surface area (Å²) < 4.78 is 48.3. The molecule has 1 unspecified atom stereocenters. The molecule has 1 aliphatic heterocycles. The Hall–Kier alpha value is -2.99. The normalized spacial score (nSPS) is 17.2. The van der Waals surface area contributed by atoms with E-state index in [0.717, 1.165) is 25.9 Å². The van der Waals surface area contributed by atoms with Gasteiger partial charge in [-0.25, -0.2) is 9.18 Å². The molecule has 1 atom stereocenters. The van der Waals surface area contributed by atoms with Gasteiger partial charge in [-0.05, 0) is 60.6 Å². The lowest BCUT2D eigenvalue weighted by molar-refractivity contribution is 0.116. The highest BCUT2D eigenvalue weighted by Crippen LogP contribution is 2.29. The van der Waals surface area contributed by atoms with Crippen molar-refractivity contribution in [3.63, 3.8) is 0 Å². The van der Waals surface area contributed by atoms with Gasteiger partial charge in [0.15, 0.2) is 0 Å². The first-order valence-electron chi connectivity index (χ1n) is 10.7. The van der Waals surface area contributed by atoms with E-state index in [-0.39, 0.29) is 24.2 Å². The van der Waals surface area contributed by atoms with Crippen molar-refractivity contribution in [2.24, 2.45) is 0 Å². The van der Waals surface area contributed by atoms with Gasteiger partial charge < -0.3 is 9.32 Å². The van der Waals surface area contributed by atoms with Crippen LogP contribution < -0.4 is 5.69 Å². The average molecular weight is 537 g/mol. The number of fused-ring (bicyclic) bond motifs is 1. The van der Waals surface area contributed by atoms with Crippen molar-refractivity contribution in [2.45, 2.75) is 31.9 Å². The molecule has 0 N–H and O–H groups in total. The average Bonchev–Trinajstić information content (AvgIpc) is 3.39. The number of likely N-dealkylation sites (N-methyl/N-ethyl adjacent to an activating group) is 1. The van der Waals surface area contributed by atoms with Gasteiger partial charge >= 0.3 is 12.1 Å². The summed E-state index contributed by atoms with van der Waals surface area (Å²) in [7, 11) is 2.02. The highest BCUT2D eigenvalue weighted by atomic mass is 79.9. The van der Waals surface area contributed by atoms with Crippen molar-refractivity contribution in [2.75, 3.05) is 20.1 Å². The minimum Gasteiger partial charge on any atom is -0.415 e. The zero-order chi connectivity index (χ0) is 24.0. The largest absolute Gasteiger partial charge is 0.415 e. The van der Waals surface area contributed by atoms with E-state index in [1.54, 1.807) is 22.8 Å². The third kappa shape index (κ3) is 4.16. The molecule has 0 aliphatic carbocycles. The molecule has 4 heterocycles. The molecule has 4 aromatic rings. The van der Waals surface area contributed by atoms with Crippen molar-refractivity contribution in [3.8, 4) is 11.5 Å². The smallest absolute Gasteiger partial charge is 0.329 e. The zero-order valence-corrected chi connectivity index (χ0v) is 19.7. The Balaban J connectivity index is 1.51. The molecule has 8 nitrogen and oxygen atoms in total. The van der Waals surface area contributed by atoms with Crippen molar-refractivity contribution in [1.82, 2.24) is 29.2 Å². The van der Waals surface area contributed by atoms with E-state index in [4.69, 9.17) is 4.42 Å². The molecular weight excluding hydrogens is 517 g/mol. The van der Waals surface area contributed by atoms with Crippen LogP contribution in [0.2, 0.25) is 0 Å². The lowest BCUT2D eigenvalue weighted by Crippen LogP contribution is -2.38. The van der Waals surface area contributed by atoms with E-state index in [9.17, 15) is 18.0 Å². The number of hydrogen-bond acceptors (Lipinski definition) is 6. The Kier molecular flexibility index (Phi) is 6.02. The van der Waals surface area contributed by atoms with Crippen molar-refractivity contribution in [3.05, 3.63) is 62.8 Å². The van der Waals surface area contributed by atoms with Gasteiger partial charge in [0.2, 0.25) is 5.89 Å². The second kappa shape index (κ2) is 8.99.